The molecule has 1 rings (SSSR count). The van der Waals surface area contributed by atoms with Gasteiger partial charge in [0.2, 0.25) is 0 Å². The van der Waals surface area contributed by atoms with Gasteiger partial charge in [0, 0.05) is 18.1 Å². The summed E-state index contributed by atoms with van der Waals surface area (Å²) in [6.45, 7) is 10.7. The van der Waals surface area contributed by atoms with Crippen LogP contribution in [0.2, 0.25) is 0 Å². The second-order valence-corrected chi connectivity index (χ2v) is 5.38. The highest BCUT2D eigenvalue weighted by Crippen LogP contribution is 2.60. The standard InChI is InChI=1S/C11H24N2O/c1-8(5-12)6-13-11(4)9(7-14)10(11,2)3/h8-9,13-14H,5-7,12H2,1-4H3. The first-order valence-electron chi connectivity index (χ1n) is 5.46. The molecule has 1 aliphatic carbocycles. The molecule has 14 heavy (non-hydrogen) atoms. The molecule has 0 saturated heterocycles. The summed E-state index contributed by atoms with van der Waals surface area (Å²) < 4.78 is 0. The summed E-state index contributed by atoms with van der Waals surface area (Å²) in [6, 6.07) is 0. The normalized spacial score (nSPS) is 36.9. The summed E-state index contributed by atoms with van der Waals surface area (Å²) in [5.74, 6) is 0.877. The lowest BCUT2D eigenvalue weighted by molar-refractivity contribution is 0.250. The van der Waals surface area contributed by atoms with E-state index in [4.69, 9.17) is 5.73 Å². The van der Waals surface area contributed by atoms with E-state index < -0.39 is 0 Å². The Kier molecular flexibility index (Phi) is 3.24. The van der Waals surface area contributed by atoms with E-state index >= 15 is 0 Å². The van der Waals surface area contributed by atoms with Crippen LogP contribution in [0.15, 0.2) is 0 Å². The molecule has 3 atom stereocenters. The number of nitrogens with one attached hydrogen (secondary N) is 1. The molecule has 1 aliphatic rings. The fraction of sp³-hybridized carbons (Fsp3) is 1.00. The second-order valence-electron chi connectivity index (χ2n) is 5.38. The molecule has 0 heterocycles. The summed E-state index contributed by atoms with van der Waals surface area (Å²) in [4.78, 5) is 0. The van der Waals surface area contributed by atoms with Crippen LogP contribution in [0.5, 0.6) is 0 Å². The maximum absolute atomic E-state index is 9.24. The Morgan fingerprint density at radius 1 is 1.43 bits per heavy atom. The summed E-state index contributed by atoms with van der Waals surface area (Å²) >= 11 is 0. The Hall–Kier alpha value is -0.120. The zero-order valence-electron chi connectivity index (χ0n) is 9.80. The minimum atomic E-state index is 0.0885. The largest absolute Gasteiger partial charge is 0.396 e. The van der Waals surface area contributed by atoms with Gasteiger partial charge in [0.1, 0.15) is 0 Å². The van der Waals surface area contributed by atoms with E-state index in [0.29, 0.717) is 18.4 Å². The number of aliphatic hydroxyl groups excluding tert-OH is 1. The first-order chi connectivity index (χ1) is 6.40. The zero-order valence-corrected chi connectivity index (χ0v) is 9.80. The quantitative estimate of drug-likeness (QED) is 0.608. The van der Waals surface area contributed by atoms with Crippen LogP contribution >= 0.6 is 0 Å². The van der Waals surface area contributed by atoms with Crippen LogP contribution in [0.4, 0.5) is 0 Å². The molecule has 84 valence electrons. The zero-order chi connectivity index (χ0) is 11.0. The van der Waals surface area contributed by atoms with Gasteiger partial charge in [0.15, 0.2) is 0 Å². The minimum absolute atomic E-state index is 0.0885. The molecule has 0 aromatic heterocycles. The number of hydrogen-bond acceptors (Lipinski definition) is 3. The molecular formula is C11H24N2O. The molecule has 3 heteroatoms. The Morgan fingerprint density at radius 3 is 2.36 bits per heavy atom. The maximum atomic E-state index is 9.24. The van der Waals surface area contributed by atoms with Crippen LogP contribution in [0.3, 0.4) is 0 Å². The average Bonchev–Trinajstić information content (AvgIpc) is 2.57. The van der Waals surface area contributed by atoms with Crippen LogP contribution in [0.1, 0.15) is 27.7 Å². The van der Waals surface area contributed by atoms with Crippen molar-refractivity contribution in [2.24, 2.45) is 23.0 Å². The van der Waals surface area contributed by atoms with Gasteiger partial charge >= 0.3 is 0 Å². The lowest BCUT2D eigenvalue weighted by Crippen LogP contribution is -2.38. The van der Waals surface area contributed by atoms with E-state index in [9.17, 15) is 5.11 Å². The summed E-state index contributed by atoms with van der Waals surface area (Å²) in [7, 11) is 0. The average molecular weight is 200 g/mol. The van der Waals surface area contributed by atoms with Gasteiger partial charge < -0.3 is 16.2 Å². The van der Waals surface area contributed by atoms with E-state index in [-0.39, 0.29) is 17.6 Å². The molecule has 0 aromatic carbocycles. The predicted octanol–water partition coefficient (Wildman–Crippen LogP) is 0.578. The Labute approximate surface area is 87.1 Å². The summed E-state index contributed by atoms with van der Waals surface area (Å²) in [6.07, 6.45) is 0. The predicted molar refractivity (Wildman–Crippen MR) is 59.0 cm³/mol. The van der Waals surface area contributed by atoms with Crippen molar-refractivity contribution in [2.45, 2.75) is 33.2 Å². The molecule has 0 aliphatic heterocycles. The Balaban J connectivity index is 2.45. The van der Waals surface area contributed by atoms with Crippen LogP contribution in [-0.4, -0.2) is 30.3 Å². The highest BCUT2D eigenvalue weighted by atomic mass is 16.3. The van der Waals surface area contributed by atoms with Crippen LogP contribution in [0, 0.1) is 17.3 Å². The molecule has 1 fully saturated rings. The summed E-state index contributed by atoms with van der Waals surface area (Å²) in [5.41, 5.74) is 5.86. The van der Waals surface area contributed by atoms with Gasteiger partial charge in [-0.3, -0.25) is 0 Å². The van der Waals surface area contributed by atoms with Gasteiger partial charge in [-0.2, -0.15) is 0 Å². The van der Waals surface area contributed by atoms with Gasteiger partial charge in [0.05, 0.1) is 0 Å². The van der Waals surface area contributed by atoms with Gasteiger partial charge in [-0.1, -0.05) is 20.8 Å². The van der Waals surface area contributed by atoms with Crippen LogP contribution in [-0.2, 0) is 0 Å². The lowest BCUT2D eigenvalue weighted by atomic mass is 10.1. The van der Waals surface area contributed by atoms with Gasteiger partial charge in [-0.25, -0.2) is 0 Å². The van der Waals surface area contributed by atoms with Crippen molar-refractivity contribution in [3.05, 3.63) is 0 Å². The Morgan fingerprint density at radius 2 is 2.00 bits per heavy atom. The van der Waals surface area contributed by atoms with Gasteiger partial charge in [-0.05, 0) is 31.3 Å². The van der Waals surface area contributed by atoms with Crippen LogP contribution in [0.25, 0.3) is 0 Å². The number of hydrogen-bond donors (Lipinski definition) is 3. The maximum Gasteiger partial charge on any atom is 0.0482 e. The molecule has 3 unspecified atom stereocenters. The van der Waals surface area contributed by atoms with Crippen molar-refractivity contribution in [1.29, 1.82) is 0 Å². The van der Waals surface area contributed by atoms with Gasteiger partial charge in [-0.15, -0.1) is 0 Å². The SMILES string of the molecule is CC(CN)CNC1(C)C(CO)C1(C)C. The molecule has 0 amide bonds. The molecule has 1 saturated carbocycles. The minimum Gasteiger partial charge on any atom is -0.396 e. The van der Waals surface area contributed by atoms with E-state index in [0.717, 1.165) is 6.54 Å². The number of nitrogens with two attached hydrogens (primary N) is 1. The van der Waals surface area contributed by atoms with Crippen molar-refractivity contribution >= 4 is 0 Å². The number of rotatable bonds is 5. The molecule has 0 bridgehead atoms. The van der Waals surface area contributed by atoms with Crippen molar-refractivity contribution in [3.63, 3.8) is 0 Å². The Bertz CT molecular complexity index is 205. The molecule has 3 nitrogen and oxygen atoms in total. The highest BCUT2D eigenvalue weighted by molar-refractivity contribution is 5.21. The monoisotopic (exact) mass is 200 g/mol. The summed E-state index contributed by atoms with van der Waals surface area (Å²) in [5, 5.41) is 12.8. The van der Waals surface area contributed by atoms with E-state index in [2.05, 4.69) is 33.0 Å². The molecule has 0 spiro atoms. The molecule has 4 N–H and O–H groups in total. The second kappa shape index (κ2) is 3.80. The van der Waals surface area contributed by atoms with Gasteiger partial charge in [0.25, 0.3) is 0 Å². The fourth-order valence-electron chi connectivity index (χ4n) is 2.33. The topological polar surface area (TPSA) is 58.3 Å². The first-order valence-corrected chi connectivity index (χ1v) is 5.46. The first kappa shape index (κ1) is 12.0. The van der Waals surface area contributed by atoms with Crippen molar-refractivity contribution in [3.8, 4) is 0 Å². The number of aliphatic hydroxyl groups is 1. The van der Waals surface area contributed by atoms with Crippen molar-refractivity contribution in [2.75, 3.05) is 19.7 Å². The molecule has 0 aromatic rings. The lowest BCUT2D eigenvalue weighted by Gasteiger charge is -2.19. The third kappa shape index (κ3) is 1.69. The molecular weight excluding hydrogens is 176 g/mol. The smallest absolute Gasteiger partial charge is 0.0482 e. The van der Waals surface area contributed by atoms with Crippen molar-refractivity contribution < 1.29 is 5.11 Å². The van der Waals surface area contributed by atoms with E-state index in [1.165, 1.54) is 0 Å². The third-order valence-electron chi connectivity index (χ3n) is 4.23. The third-order valence-corrected chi connectivity index (χ3v) is 4.23. The van der Waals surface area contributed by atoms with Crippen LogP contribution < -0.4 is 11.1 Å². The molecule has 0 radical (unpaired) electrons. The fourth-order valence-corrected chi connectivity index (χ4v) is 2.33. The van der Waals surface area contributed by atoms with E-state index in [1.807, 2.05) is 0 Å². The highest BCUT2D eigenvalue weighted by Gasteiger charge is 2.67. The van der Waals surface area contributed by atoms with Crippen molar-refractivity contribution in [1.82, 2.24) is 5.32 Å². The van der Waals surface area contributed by atoms with E-state index in [1.54, 1.807) is 0 Å².